The Morgan fingerprint density at radius 3 is 1.89 bits per heavy atom. The average molecular weight is 672 g/mol. The average Bonchev–Trinajstić information content (AvgIpc) is 3.65. The summed E-state index contributed by atoms with van der Waals surface area (Å²) < 4.78 is 109. The van der Waals surface area contributed by atoms with Crippen molar-refractivity contribution >= 4 is 17.9 Å². The number of carbonyl (C=O) groups is 3. The number of nitrogens with zero attached hydrogens (tertiary/aromatic N) is 4. The standard InChI is InChI=1S/C18H26N4O2.3C2HF3O2/c1-20-8-7-19-17(20)13-22-12-16(18-15(22)6-4-10-24-18)21(2)11-14-5-3-9-23-14;3*3-2(4,5)1(6)7/h3,5,7-9,15-16,18H,4,6,10-13H2,1-2H3;3*(H,6,7)/t15-,16-,18+;;;/m1.../s1. The fourth-order valence-electron chi connectivity index (χ4n) is 4.09. The largest absolute Gasteiger partial charge is 0.490 e. The number of aliphatic carboxylic acids is 3. The van der Waals surface area contributed by atoms with Gasteiger partial charge in [0.25, 0.3) is 0 Å². The van der Waals surface area contributed by atoms with Crippen LogP contribution >= 0.6 is 0 Å². The van der Waals surface area contributed by atoms with Crippen LogP contribution in [0.5, 0.6) is 0 Å². The van der Waals surface area contributed by atoms with E-state index in [1.54, 1.807) is 6.26 Å². The summed E-state index contributed by atoms with van der Waals surface area (Å²) in [7, 11) is 4.24. The summed E-state index contributed by atoms with van der Waals surface area (Å²) in [4.78, 5) is 36.1. The fourth-order valence-corrected chi connectivity index (χ4v) is 4.09. The third-order valence-electron chi connectivity index (χ3n) is 6.15. The van der Waals surface area contributed by atoms with E-state index in [-0.39, 0.29) is 6.10 Å². The molecule has 0 spiro atoms. The van der Waals surface area contributed by atoms with Crippen LogP contribution in [0, 0.1) is 0 Å². The summed E-state index contributed by atoms with van der Waals surface area (Å²) in [5.41, 5.74) is 0. The molecule has 2 aromatic heterocycles. The molecular formula is C24H29F9N4O8. The molecule has 2 saturated heterocycles. The van der Waals surface area contributed by atoms with E-state index in [4.69, 9.17) is 38.9 Å². The minimum atomic E-state index is -5.08. The second-order valence-corrected chi connectivity index (χ2v) is 9.40. The number of alkyl halides is 9. The van der Waals surface area contributed by atoms with Gasteiger partial charge in [0.1, 0.15) is 11.6 Å². The minimum Gasteiger partial charge on any atom is -0.475 e. The molecule has 4 rings (SSSR count). The Balaban J connectivity index is 0.000000396. The van der Waals surface area contributed by atoms with Gasteiger partial charge in [-0.25, -0.2) is 19.4 Å². The first-order valence-corrected chi connectivity index (χ1v) is 12.5. The first-order chi connectivity index (χ1) is 20.6. The van der Waals surface area contributed by atoms with Crippen molar-refractivity contribution in [2.24, 2.45) is 7.05 Å². The normalized spacial score (nSPS) is 20.0. The number of carboxylic acids is 3. The van der Waals surface area contributed by atoms with E-state index in [0.717, 1.165) is 44.2 Å². The van der Waals surface area contributed by atoms with Gasteiger partial charge < -0.3 is 29.0 Å². The van der Waals surface area contributed by atoms with Crippen molar-refractivity contribution in [1.82, 2.24) is 19.4 Å². The molecule has 0 saturated carbocycles. The van der Waals surface area contributed by atoms with Crippen LogP contribution in [-0.4, -0.2) is 109 Å². The van der Waals surface area contributed by atoms with Crippen LogP contribution in [0.2, 0.25) is 0 Å². The minimum absolute atomic E-state index is 0.277. The number of hydrogen-bond donors (Lipinski definition) is 3. The number of imidazole rings is 1. The zero-order chi connectivity index (χ0) is 34.8. The smallest absolute Gasteiger partial charge is 0.475 e. The van der Waals surface area contributed by atoms with E-state index < -0.39 is 36.4 Å². The van der Waals surface area contributed by atoms with Crippen LogP contribution in [-0.2, 0) is 39.3 Å². The van der Waals surface area contributed by atoms with Crippen molar-refractivity contribution in [3.8, 4) is 0 Å². The Morgan fingerprint density at radius 1 is 0.978 bits per heavy atom. The van der Waals surface area contributed by atoms with Gasteiger partial charge in [-0.05, 0) is 32.0 Å². The maximum atomic E-state index is 10.6. The molecule has 2 aliphatic heterocycles. The van der Waals surface area contributed by atoms with Gasteiger partial charge in [0.15, 0.2) is 0 Å². The highest BCUT2D eigenvalue weighted by molar-refractivity contribution is 5.73. The molecule has 0 radical (unpaired) electrons. The molecule has 3 N–H and O–H groups in total. The lowest BCUT2D eigenvalue weighted by Crippen LogP contribution is -2.46. The van der Waals surface area contributed by atoms with Crippen LogP contribution in [0.1, 0.15) is 24.4 Å². The quantitative estimate of drug-likeness (QED) is 0.397. The van der Waals surface area contributed by atoms with Gasteiger partial charge in [0, 0.05) is 38.6 Å². The van der Waals surface area contributed by atoms with E-state index in [9.17, 15) is 39.5 Å². The van der Waals surface area contributed by atoms with Gasteiger partial charge in [-0.3, -0.25) is 9.80 Å². The number of likely N-dealkylation sites (N-methyl/N-ethyl adjacent to an activating group) is 1. The number of halogens is 9. The van der Waals surface area contributed by atoms with Gasteiger partial charge in [-0.15, -0.1) is 0 Å². The Kier molecular flexibility index (Phi) is 14.3. The van der Waals surface area contributed by atoms with Crippen molar-refractivity contribution in [2.75, 3.05) is 20.2 Å². The highest BCUT2D eigenvalue weighted by Gasteiger charge is 2.46. The maximum Gasteiger partial charge on any atom is 0.490 e. The number of hydrogen-bond acceptors (Lipinski definition) is 8. The fraction of sp³-hybridized carbons (Fsp3) is 0.583. The highest BCUT2D eigenvalue weighted by Crippen LogP contribution is 2.32. The number of fused-ring (bicyclic) bond motifs is 1. The molecule has 12 nitrogen and oxygen atoms in total. The lowest BCUT2D eigenvalue weighted by atomic mass is 10.00. The Labute approximate surface area is 248 Å². The van der Waals surface area contributed by atoms with Gasteiger partial charge in [0.2, 0.25) is 0 Å². The first kappa shape index (κ1) is 39.2. The summed E-state index contributed by atoms with van der Waals surface area (Å²) in [6, 6.07) is 4.86. The molecule has 4 heterocycles. The van der Waals surface area contributed by atoms with Crippen LogP contribution in [0.4, 0.5) is 39.5 Å². The molecule has 0 amide bonds. The van der Waals surface area contributed by atoms with E-state index in [0.29, 0.717) is 12.1 Å². The molecule has 3 atom stereocenters. The molecule has 21 heteroatoms. The molecule has 0 bridgehead atoms. The predicted molar refractivity (Wildman–Crippen MR) is 131 cm³/mol. The third-order valence-corrected chi connectivity index (χ3v) is 6.15. The summed E-state index contributed by atoms with van der Waals surface area (Å²) in [5, 5.41) is 21.4. The van der Waals surface area contributed by atoms with E-state index in [1.165, 1.54) is 6.42 Å². The molecule has 45 heavy (non-hydrogen) atoms. The number of furan rings is 1. The second kappa shape index (κ2) is 16.5. The summed E-state index contributed by atoms with van der Waals surface area (Å²) in [5.74, 6) is -6.14. The molecule has 2 fully saturated rings. The lowest BCUT2D eigenvalue weighted by molar-refractivity contribution is -0.193. The number of rotatable bonds is 5. The summed E-state index contributed by atoms with van der Waals surface area (Å²) in [6.07, 6.45) is -6.99. The molecule has 2 aromatic rings. The summed E-state index contributed by atoms with van der Waals surface area (Å²) in [6.45, 7) is 3.60. The number of ether oxygens (including phenoxy) is 1. The lowest BCUT2D eigenvalue weighted by Gasteiger charge is -2.34. The van der Waals surface area contributed by atoms with Crippen molar-refractivity contribution < 1.29 is 78.4 Å². The monoisotopic (exact) mass is 672 g/mol. The zero-order valence-electron chi connectivity index (χ0n) is 23.4. The van der Waals surface area contributed by atoms with Crippen molar-refractivity contribution in [2.45, 2.75) is 62.6 Å². The number of aryl methyl sites for hydroxylation is 1. The van der Waals surface area contributed by atoms with Crippen LogP contribution in [0.3, 0.4) is 0 Å². The topological polar surface area (TPSA) is 159 Å². The van der Waals surface area contributed by atoms with Crippen molar-refractivity contribution in [3.63, 3.8) is 0 Å². The Bertz CT molecular complexity index is 1160. The molecule has 0 aliphatic carbocycles. The highest BCUT2D eigenvalue weighted by atomic mass is 19.4. The SMILES string of the molecule is CN(Cc1ccco1)[C@@H]1CN(Cc2nccn2C)[C@@H]2CCCO[C@H]12.O=C(O)C(F)(F)F.O=C(O)C(F)(F)F.O=C(O)C(F)(F)F. The van der Waals surface area contributed by atoms with Crippen LogP contribution in [0.15, 0.2) is 35.2 Å². The number of likely N-dealkylation sites (tertiary alicyclic amines) is 1. The molecule has 256 valence electrons. The molecule has 2 aliphatic rings. The maximum absolute atomic E-state index is 10.6. The number of carboxylic acid groups (broad SMARTS) is 3. The van der Waals surface area contributed by atoms with Gasteiger partial charge in [-0.2, -0.15) is 39.5 Å². The van der Waals surface area contributed by atoms with Crippen LogP contribution < -0.4 is 0 Å². The third kappa shape index (κ3) is 13.4. The van der Waals surface area contributed by atoms with Crippen molar-refractivity contribution in [1.29, 1.82) is 0 Å². The molecule has 0 unspecified atom stereocenters. The van der Waals surface area contributed by atoms with Crippen LogP contribution in [0.25, 0.3) is 0 Å². The second-order valence-electron chi connectivity index (χ2n) is 9.40. The van der Waals surface area contributed by atoms with E-state index in [1.807, 2.05) is 24.5 Å². The van der Waals surface area contributed by atoms with Gasteiger partial charge in [-0.1, -0.05) is 0 Å². The van der Waals surface area contributed by atoms with Crippen molar-refractivity contribution in [3.05, 3.63) is 42.4 Å². The van der Waals surface area contributed by atoms with Gasteiger partial charge >= 0.3 is 36.4 Å². The molecular weight excluding hydrogens is 643 g/mol. The van der Waals surface area contributed by atoms with E-state index >= 15 is 0 Å². The first-order valence-electron chi connectivity index (χ1n) is 12.5. The summed E-state index contributed by atoms with van der Waals surface area (Å²) >= 11 is 0. The predicted octanol–water partition coefficient (Wildman–Crippen LogP) is 3.78. The number of aromatic nitrogens is 2. The zero-order valence-corrected chi connectivity index (χ0v) is 23.4. The Hall–Kier alpha value is -3.85. The van der Waals surface area contributed by atoms with E-state index in [2.05, 4.69) is 33.4 Å². The molecule has 0 aromatic carbocycles. The van der Waals surface area contributed by atoms with Gasteiger partial charge in [0.05, 0.1) is 31.5 Å². The Morgan fingerprint density at radius 2 is 1.49 bits per heavy atom.